The van der Waals surface area contributed by atoms with Crippen molar-refractivity contribution in [2.75, 3.05) is 19.6 Å². The highest BCUT2D eigenvalue weighted by Crippen LogP contribution is 2.40. The van der Waals surface area contributed by atoms with Crippen LogP contribution < -0.4 is 5.32 Å². The van der Waals surface area contributed by atoms with E-state index < -0.39 is 11.5 Å². The van der Waals surface area contributed by atoms with Crippen molar-refractivity contribution in [3.05, 3.63) is 41.7 Å². The Morgan fingerprint density at radius 3 is 2.85 bits per heavy atom. The zero-order valence-electron chi connectivity index (χ0n) is 15.3. The van der Waals surface area contributed by atoms with Gasteiger partial charge in [-0.05, 0) is 25.8 Å². The highest BCUT2D eigenvalue weighted by atomic mass is 16.5. The Kier molecular flexibility index (Phi) is 4.47. The van der Waals surface area contributed by atoms with Gasteiger partial charge < -0.3 is 19.8 Å². The highest BCUT2D eigenvalue weighted by Gasteiger charge is 2.45. The summed E-state index contributed by atoms with van der Waals surface area (Å²) in [7, 11) is 0. The summed E-state index contributed by atoms with van der Waals surface area (Å²) in [5.41, 5.74) is 2.23. The van der Waals surface area contributed by atoms with Crippen LogP contribution in [0.3, 0.4) is 0 Å². The second kappa shape index (κ2) is 6.81. The molecule has 2 N–H and O–H groups in total. The summed E-state index contributed by atoms with van der Waals surface area (Å²) in [5.74, 6) is -0.0199. The van der Waals surface area contributed by atoms with E-state index in [1.807, 2.05) is 31.2 Å². The van der Waals surface area contributed by atoms with Gasteiger partial charge in [0.25, 0.3) is 5.91 Å². The molecule has 0 radical (unpaired) electrons. The van der Waals surface area contributed by atoms with Crippen molar-refractivity contribution in [2.24, 2.45) is 5.41 Å². The maximum Gasteiger partial charge on any atom is 0.292 e. The van der Waals surface area contributed by atoms with Crippen LogP contribution in [0.15, 0.2) is 34.9 Å². The van der Waals surface area contributed by atoms with Gasteiger partial charge in [0.15, 0.2) is 0 Å². The van der Waals surface area contributed by atoms with Crippen LogP contribution in [-0.2, 0) is 4.79 Å². The van der Waals surface area contributed by atoms with Gasteiger partial charge in [-0.3, -0.25) is 9.59 Å². The minimum atomic E-state index is -0.564. The summed E-state index contributed by atoms with van der Waals surface area (Å²) >= 11 is 0. The fourth-order valence-corrected chi connectivity index (χ4v) is 4.06. The van der Waals surface area contributed by atoms with E-state index >= 15 is 0 Å². The lowest BCUT2D eigenvalue weighted by atomic mass is 9.69. The molecule has 1 atom stereocenters. The zero-order chi connectivity index (χ0) is 19.0. The first-order valence-electron chi connectivity index (χ1n) is 9.25. The van der Waals surface area contributed by atoms with Crippen LogP contribution in [0, 0.1) is 12.3 Å². The summed E-state index contributed by atoms with van der Waals surface area (Å²) in [6.07, 6.45) is 0.958. The Labute approximate surface area is 157 Å². The Bertz CT molecular complexity index is 868. The predicted molar refractivity (Wildman–Crippen MR) is 97.9 cm³/mol. The van der Waals surface area contributed by atoms with Crippen molar-refractivity contribution in [3.8, 4) is 11.3 Å². The predicted octanol–water partition coefficient (Wildman–Crippen LogP) is 1.75. The fraction of sp³-hybridized carbons (Fsp3) is 0.450. The van der Waals surface area contributed by atoms with Crippen LogP contribution in [0.2, 0.25) is 0 Å². The number of aliphatic hydroxyl groups excluding tert-OH is 1. The first-order valence-corrected chi connectivity index (χ1v) is 9.25. The number of rotatable bonds is 2. The van der Waals surface area contributed by atoms with Gasteiger partial charge in [-0.15, -0.1) is 0 Å². The molecule has 142 valence electrons. The minimum absolute atomic E-state index is 0.0295. The molecule has 1 aromatic carbocycles. The Morgan fingerprint density at radius 1 is 1.33 bits per heavy atom. The van der Waals surface area contributed by atoms with Crippen LogP contribution >= 0.6 is 0 Å². The summed E-state index contributed by atoms with van der Waals surface area (Å²) in [6.45, 7) is 3.27. The van der Waals surface area contributed by atoms with Crippen LogP contribution in [0.5, 0.6) is 0 Å². The third-order valence-corrected chi connectivity index (χ3v) is 5.79. The Hall–Kier alpha value is -2.67. The van der Waals surface area contributed by atoms with E-state index in [2.05, 4.69) is 10.5 Å². The topological polar surface area (TPSA) is 95.7 Å². The van der Waals surface area contributed by atoms with Gasteiger partial charge in [-0.25, -0.2) is 0 Å². The monoisotopic (exact) mass is 369 g/mol. The van der Waals surface area contributed by atoms with E-state index in [0.29, 0.717) is 38.0 Å². The van der Waals surface area contributed by atoms with Crippen LogP contribution in [0.1, 0.15) is 35.4 Å². The molecule has 4 rings (SSSR count). The molecule has 27 heavy (non-hydrogen) atoms. The molecule has 0 saturated carbocycles. The standard InChI is InChI=1S/C20H23N3O4/c1-13-3-2-4-14(9-13)15-10-16(27-22-15)19(26)23-7-5-20(6-8-23)11-18(25)21-12-17(20)24/h2-4,9-10,17,24H,5-8,11-12H2,1H3,(H,21,25). The van der Waals surface area contributed by atoms with E-state index in [9.17, 15) is 14.7 Å². The summed E-state index contributed by atoms with van der Waals surface area (Å²) in [6, 6.07) is 9.53. The van der Waals surface area contributed by atoms with Crippen molar-refractivity contribution in [3.63, 3.8) is 0 Å². The fourth-order valence-electron chi connectivity index (χ4n) is 4.06. The van der Waals surface area contributed by atoms with Gasteiger partial charge in [-0.2, -0.15) is 0 Å². The lowest BCUT2D eigenvalue weighted by molar-refractivity contribution is -0.134. The summed E-state index contributed by atoms with van der Waals surface area (Å²) < 4.78 is 5.29. The Balaban J connectivity index is 1.45. The molecule has 0 bridgehead atoms. The number of benzene rings is 1. The van der Waals surface area contributed by atoms with E-state index in [-0.39, 0.29) is 24.1 Å². The lowest BCUT2D eigenvalue weighted by Crippen LogP contribution is -2.56. The average Bonchev–Trinajstić information content (AvgIpc) is 3.15. The number of hydrogen-bond donors (Lipinski definition) is 2. The normalized spacial score (nSPS) is 21.9. The molecule has 2 amide bonds. The maximum atomic E-state index is 12.8. The minimum Gasteiger partial charge on any atom is -0.391 e. The molecule has 2 saturated heterocycles. The van der Waals surface area contributed by atoms with Crippen molar-refractivity contribution < 1.29 is 19.2 Å². The number of aliphatic hydroxyl groups is 1. The number of carbonyl (C=O) groups excluding carboxylic acids is 2. The van der Waals surface area contributed by atoms with Crippen LogP contribution in [-0.4, -0.2) is 52.7 Å². The molecule has 2 aromatic rings. The molecule has 2 fully saturated rings. The first kappa shape index (κ1) is 17.7. The number of hydrogen-bond acceptors (Lipinski definition) is 5. The molecule has 1 spiro atoms. The third-order valence-electron chi connectivity index (χ3n) is 5.79. The molecule has 2 aliphatic rings. The molecular formula is C20H23N3O4. The SMILES string of the molecule is Cc1cccc(-c2cc(C(=O)N3CCC4(CC3)CC(=O)NCC4O)on2)c1. The zero-order valence-corrected chi connectivity index (χ0v) is 15.3. The van der Waals surface area contributed by atoms with Crippen LogP contribution in [0.4, 0.5) is 0 Å². The smallest absolute Gasteiger partial charge is 0.292 e. The molecule has 1 unspecified atom stereocenters. The molecule has 0 aliphatic carbocycles. The highest BCUT2D eigenvalue weighted by molar-refractivity contribution is 5.92. The van der Waals surface area contributed by atoms with E-state index in [0.717, 1.165) is 11.1 Å². The van der Waals surface area contributed by atoms with Crippen molar-refractivity contribution in [2.45, 2.75) is 32.3 Å². The summed E-state index contributed by atoms with van der Waals surface area (Å²) in [4.78, 5) is 26.2. The summed E-state index contributed by atoms with van der Waals surface area (Å²) in [5, 5.41) is 17.1. The van der Waals surface area contributed by atoms with Gasteiger partial charge in [0.05, 0.1) is 6.10 Å². The molecule has 2 aliphatic heterocycles. The Morgan fingerprint density at radius 2 is 2.11 bits per heavy atom. The second-order valence-electron chi connectivity index (χ2n) is 7.60. The van der Waals surface area contributed by atoms with Gasteiger partial charge in [0.1, 0.15) is 5.69 Å². The number of nitrogens with one attached hydrogen (secondary N) is 1. The van der Waals surface area contributed by atoms with E-state index in [4.69, 9.17) is 4.52 Å². The van der Waals surface area contributed by atoms with Crippen LogP contribution in [0.25, 0.3) is 11.3 Å². The molecule has 7 heteroatoms. The number of piperidine rings is 2. The largest absolute Gasteiger partial charge is 0.391 e. The number of nitrogens with zero attached hydrogens (tertiary/aromatic N) is 2. The van der Waals surface area contributed by atoms with Gasteiger partial charge in [0.2, 0.25) is 11.7 Å². The van der Waals surface area contributed by atoms with Crippen molar-refractivity contribution in [1.82, 2.24) is 15.4 Å². The average molecular weight is 369 g/mol. The molecular weight excluding hydrogens is 346 g/mol. The molecule has 7 nitrogen and oxygen atoms in total. The number of amides is 2. The number of β-amino-alcohol motifs (C(OH)–C–C–N with tert-alkyl or cyclic N) is 1. The maximum absolute atomic E-state index is 12.8. The number of aromatic nitrogens is 1. The second-order valence-corrected chi connectivity index (χ2v) is 7.60. The third kappa shape index (κ3) is 3.35. The number of likely N-dealkylation sites (tertiary alicyclic amines) is 1. The van der Waals surface area contributed by atoms with Crippen molar-refractivity contribution in [1.29, 1.82) is 0 Å². The molecule has 3 heterocycles. The van der Waals surface area contributed by atoms with Gasteiger partial charge in [0, 0.05) is 43.1 Å². The first-order chi connectivity index (χ1) is 13.0. The number of carbonyl (C=O) groups is 2. The van der Waals surface area contributed by atoms with E-state index in [1.54, 1.807) is 11.0 Å². The van der Waals surface area contributed by atoms with Crippen molar-refractivity contribution >= 4 is 11.8 Å². The quantitative estimate of drug-likeness (QED) is 0.841. The van der Waals surface area contributed by atoms with E-state index in [1.165, 1.54) is 0 Å². The van der Waals surface area contributed by atoms with Gasteiger partial charge >= 0.3 is 0 Å². The lowest BCUT2D eigenvalue weighted by Gasteiger charge is -2.46. The van der Waals surface area contributed by atoms with Gasteiger partial charge in [-0.1, -0.05) is 28.9 Å². The molecule has 1 aromatic heterocycles. The number of aryl methyl sites for hydroxylation is 1.